The predicted molar refractivity (Wildman–Crippen MR) is 114 cm³/mol. The Morgan fingerprint density at radius 1 is 1.11 bits per heavy atom. The number of hydrogen-bond acceptors (Lipinski definition) is 4. The molecule has 0 radical (unpaired) electrons. The lowest BCUT2D eigenvalue weighted by atomic mass is 9.94. The second kappa shape index (κ2) is 9.50. The van der Waals surface area contributed by atoms with Gasteiger partial charge < -0.3 is 5.73 Å². The van der Waals surface area contributed by atoms with E-state index in [1.165, 1.54) is 31.4 Å². The van der Waals surface area contributed by atoms with Gasteiger partial charge in [0.25, 0.3) is 0 Å². The molecule has 1 saturated heterocycles. The van der Waals surface area contributed by atoms with Gasteiger partial charge in [0, 0.05) is 25.7 Å². The number of hydrogen-bond donors (Lipinski definition) is 2. The van der Waals surface area contributed by atoms with Crippen LogP contribution in [0.15, 0.2) is 30.3 Å². The van der Waals surface area contributed by atoms with Gasteiger partial charge in [0.05, 0.1) is 12.3 Å². The molecule has 6 nitrogen and oxygen atoms in total. The average molecular weight is 427 g/mol. The van der Waals surface area contributed by atoms with Crippen LogP contribution in [0.5, 0.6) is 0 Å². The van der Waals surface area contributed by atoms with Crippen molar-refractivity contribution >= 4 is 28.0 Å². The Kier molecular flexibility index (Phi) is 7.28. The zero-order valence-electron chi connectivity index (χ0n) is 16.4. The highest BCUT2D eigenvalue weighted by molar-refractivity contribution is 7.92. The number of likely N-dealkylation sites (tertiary alicyclic amines) is 1. The molecule has 1 heterocycles. The third-order valence-electron chi connectivity index (χ3n) is 6.16. The summed E-state index contributed by atoms with van der Waals surface area (Å²) in [5, 5.41) is 0. The summed E-state index contributed by atoms with van der Waals surface area (Å²) in [6.07, 6.45) is 8.19. The summed E-state index contributed by atoms with van der Waals surface area (Å²) in [5.41, 5.74) is 6.40. The highest BCUT2D eigenvalue weighted by Crippen LogP contribution is 2.43. The van der Waals surface area contributed by atoms with E-state index < -0.39 is 15.9 Å². The summed E-state index contributed by atoms with van der Waals surface area (Å²) < 4.78 is 29.2. The lowest BCUT2D eigenvalue weighted by Gasteiger charge is -2.44. The lowest BCUT2D eigenvalue weighted by Crippen LogP contribution is -2.57. The van der Waals surface area contributed by atoms with Crippen molar-refractivity contribution in [2.75, 3.05) is 18.1 Å². The molecule has 1 aliphatic carbocycles. The van der Waals surface area contributed by atoms with Gasteiger partial charge in [-0.3, -0.25) is 0 Å². The van der Waals surface area contributed by atoms with Crippen LogP contribution in [0.1, 0.15) is 50.5 Å². The minimum atomic E-state index is -3.18. The van der Waals surface area contributed by atoms with Gasteiger partial charge in [0.15, 0.2) is 9.84 Å². The van der Waals surface area contributed by atoms with Crippen LogP contribution in [0.4, 0.5) is 4.79 Å². The van der Waals surface area contributed by atoms with Gasteiger partial charge in [0.2, 0.25) is 12.1 Å². The van der Waals surface area contributed by atoms with Crippen molar-refractivity contribution in [3.05, 3.63) is 35.9 Å². The first-order chi connectivity index (χ1) is 13.4. The number of sulfone groups is 1. The molecule has 1 aromatic rings. The molecule has 2 atom stereocenters. The van der Waals surface area contributed by atoms with E-state index >= 15 is 0 Å². The first-order valence-corrected chi connectivity index (χ1v) is 12.9. The molecule has 2 aliphatic rings. The number of primary amides is 1. The largest absolute Gasteiger partial charge is 0.351 e. The maximum Gasteiger partial charge on any atom is 0.326 e. The number of quaternary nitrogens is 1. The number of nitrogens with one attached hydrogen (secondary N) is 1. The summed E-state index contributed by atoms with van der Waals surface area (Å²) in [6.45, 7) is 0.897. The van der Waals surface area contributed by atoms with E-state index in [9.17, 15) is 13.2 Å². The molecule has 1 saturated carbocycles. The number of amides is 2. The number of nitrogens with zero attached hydrogens (tertiary/aromatic N) is 1. The Hall–Kier alpha value is -1.25. The van der Waals surface area contributed by atoms with E-state index in [1.807, 2.05) is 30.3 Å². The first kappa shape index (κ1) is 21.5. The van der Waals surface area contributed by atoms with Crippen LogP contribution < -0.4 is 10.5 Å². The van der Waals surface area contributed by atoms with Crippen molar-refractivity contribution in [2.45, 2.75) is 63.5 Å². The number of carbonyl (C=O) groups excluding carboxylic acids is 1. The molecule has 0 bridgehead atoms. The summed E-state index contributed by atoms with van der Waals surface area (Å²) in [5.74, 6) is 0.357. The molecular weight excluding hydrogens is 394 g/mol. The fraction of sp³-hybridized carbons (Fsp3) is 0.650. The third-order valence-corrected chi connectivity index (χ3v) is 9.29. The van der Waals surface area contributed by atoms with Crippen molar-refractivity contribution in [1.82, 2.24) is 4.72 Å². The monoisotopic (exact) mass is 426 g/mol. The number of rotatable bonds is 8. The van der Waals surface area contributed by atoms with Gasteiger partial charge >= 0.3 is 6.03 Å². The Balaban J connectivity index is 1.72. The molecular formula is C20H32N3O3S2+. The second-order valence-electron chi connectivity index (χ2n) is 8.07. The van der Waals surface area contributed by atoms with Crippen molar-refractivity contribution < 1.29 is 17.1 Å². The van der Waals surface area contributed by atoms with Gasteiger partial charge in [-0.05, 0) is 24.8 Å². The van der Waals surface area contributed by atoms with Crippen LogP contribution in [-0.2, 0) is 16.3 Å². The predicted octanol–water partition coefficient (Wildman–Crippen LogP) is 3.19. The van der Waals surface area contributed by atoms with Gasteiger partial charge in [-0.1, -0.05) is 36.8 Å². The average Bonchev–Trinajstić information content (AvgIpc) is 3.09. The van der Waals surface area contributed by atoms with Gasteiger partial charge in [-0.15, -0.1) is 0 Å². The zero-order chi connectivity index (χ0) is 20.0. The molecule has 1 aliphatic heterocycles. The van der Waals surface area contributed by atoms with E-state index in [0.717, 1.165) is 37.8 Å². The Labute approximate surface area is 173 Å². The van der Waals surface area contributed by atoms with Crippen LogP contribution in [-0.4, -0.2) is 48.5 Å². The second-order valence-corrected chi connectivity index (χ2v) is 11.4. The Morgan fingerprint density at radius 2 is 1.82 bits per heavy atom. The topological polar surface area (TPSA) is 89.3 Å². The van der Waals surface area contributed by atoms with E-state index in [0.29, 0.717) is 16.4 Å². The molecule has 28 heavy (non-hydrogen) atoms. The number of nitrogens with two attached hydrogens (primary N) is 1. The fourth-order valence-electron chi connectivity index (χ4n) is 4.80. The SMILES string of the molecule is NC(=O)NS[N+]1(C2CCCCC2)CCC[C@H]1CS(=O)(=O)CCc1ccccc1. The first-order valence-electron chi connectivity index (χ1n) is 10.3. The molecule has 2 fully saturated rings. The van der Waals surface area contributed by atoms with Crippen LogP contribution in [0, 0.1) is 0 Å². The van der Waals surface area contributed by atoms with Crippen LogP contribution in [0.2, 0.25) is 0 Å². The van der Waals surface area contributed by atoms with Crippen molar-refractivity contribution in [2.24, 2.45) is 5.73 Å². The van der Waals surface area contributed by atoms with E-state index in [-0.39, 0.29) is 17.5 Å². The summed E-state index contributed by atoms with van der Waals surface area (Å²) in [7, 11) is -3.18. The Morgan fingerprint density at radius 3 is 2.50 bits per heavy atom. The summed E-state index contributed by atoms with van der Waals surface area (Å²) in [6, 6.07) is 9.61. The highest BCUT2D eigenvalue weighted by atomic mass is 32.2. The molecule has 0 aromatic heterocycles. The number of benzene rings is 1. The van der Waals surface area contributed by atoms with Crippen LogP contribution in [0.25, 0.3) is 0 Å². The third kappa shape index (κ3) is 5.42. The highest BCUT2D eigenvalue weighted by Gasteiger charge is 2.51. The molecule has 3 rings (SSSR count). The van der Waals surface area contributed by atoms with Gasteiger partial charge in [-0.2, -0.15) is 0 Å². The maximum absolute atomic E-state index is 12.9. The molecule has 0 spiro atoms. The van der Waals surface area contributed by atoms with Crippen LogP contribution >= 0.6 is 12.1 Å². The molecule has 1 aromatic carbocycles. The molecule has 2 amide bonds. The number of urea groups is 1. The molecule has 8 heteroatoms. The van der Waals surface area contributed by atoms with E-state index in [1.54, 1.807) is 0 Å². The van der Waals surface area contributed by atoms with Gasteiger partial charge in [-0.25, -0.2) is 21.8 Å². The smallest absolute Gasteiger partial charge is 0.326 e. The maximum atomic E-state index is 12.9. The van der Waals surface area contributed by atoms with Crippen molar-refractivity contribution in [1.29, 1.82) is 0 Å². The normalized spacial score (nSPS) is 26.2. The Bertz CT molecular complexity index is 751. The van der Waals surface area contributed by atoms with E-state index in [4.69, 9.17) is 5.73 Å². The minimum Gasteiger partial charge on any atom is -0.351 e. The summed E-state index contributed by atoms with van der Waals surface area (Å²) >= 11 is 1.36. The standard InChI is InChI=1S/C20H31N3O3S2/c21-20(24)22-27-23(18-10-5-2-6-11-18)14-7-12-19(23)16-28(25,26)15-13-17-8-3-1-4-9-17/h1,3-4,8-9,18-19H,2,5-7,10-16H2,(H2-,21,22,24)/p+1/t19-,23?/m0/s1. The van der Waals surface area contributed by atoms with Gasteiger partial charge in [0.1, 0.15) is 17.8 Å². The van der Waals surface area contributed by atoms with Crippen molar-refractivity contribution in [3.63, 3.8) is 0 Å². The fourth-order valence-corrected chi connectivity index (χ4v) is 7.80. The molecule has 156 valence electrons. The number of carbonyl (C=O) groups is 1. The quantitative estimate of drug-likeness (QED) is 0.493. The van der Waals surface area contributed by atoms with Crippen LogP contribution in [0.3, 0.4) is 0 Å². The lowest BCUT2D eigenvalue weighted by molar-refractivity contribution is -0.834. The molecule has 1 unspecified atom stereocenters. The molecule has 3 N–H and O–H groups in total. The number of aryl methyl sites for hydroxylation is 1. The van der Waals surface area contributed by atoms with E-state index in [2.05, 4.69) is 4.72 Å². The zero-order valence-corrected chi connectivity index (χ0v) is 18.0. The van der Waals surface area contributed by atoms with Crippen molar-refractivity contribution in [3.8, 4) is 0 Å². The minimum absolute atomic E-state index is 0.0146. The summed E-state index contributed by atoms with van der Waals surface area (Å²) in [4.78, 5) is 11.4.